The second-order valence-electron chi connectivity index (χ2n) is 6.56. The van der Waals surface area contributed by atoms with E-state index in [1.807, 2.05) is 0 Å². The van der Waals surface area contributed by atoms with Crippen molar-refractivity contribution in [3.8, 4) is 22.9 Å². The number of hydrogen-bond acceptors (Lipinski definition) is 6. The molecule has 0 spiro atoms. The molecular formula is C20H17ClFN3O4. The first-order chi connectivity index (χ1) is 14.0. The van der Waals surface area contributed by atoms with Crippen LogP contribution in [0.3, 0.4) is 0 Å². The molecule has 1 atom stereocenters. The predicted molar refractivity (Wildman–Crippen MR) is 104 cm³/mol. The maximum Gasteiger partial charge on any atom is 0.232 e. The van der Waals surface area contributed by atoms with Crippen LogP contribution in [0, 0.1) is 5.82 Å². The number of carbonyl (C=O) groups excluding carboxylic acids is 1. The molecule has 1 unspecified atom stereocenters. The first-order valence-corrected chi connectivity index (χ1v) is 9.18. The average molecular weight is 418 g/mol. The van der Waals surface area contributed by atoms with Crippen LogP contribution in [-0.4, -0.2) is 36.8 Å². The third kappa shape index (κ3) is 3.75. The van der Waals surface area contributed by atoms with E-state index in [0.29, 0.717) is 41.0 Å². The van der Waals surface area contributed by atoms with Gasteiger partial charge in [-0.05, 0) is 30.3 Å². The number of halogens is 2. The van der Waals surface area contributed by atoms with Crippen LogP contribution in [0.1, 0.15) is 18.2 Å². The Kier molecular flexibility index (Phi) is 5.10. The molecule has 3 aromatic rings. The normalized spacial score (nSPS) is 16.3. The molecule has 0 aliphatic carbocycles. The van der Waals surface area contributed by atoms with Crippen molar-refractivity contribution in [2.75, 3.05) is 25.7 Å². The fraction of sp³-hybridized carbons (Fsp3) is 0.250. The summed E-state index contributed by atoms with van der Waals surface area (Å²) in [6.45, 7) is 0.313. The largest absolute Gasteiger partial charge is 0.497 e. The maximum absolute atomic E-state index is 13.3. The Morgan fingerprint density at radius 2 is 1.90 bits per heavy atom. The van der Waals surface area contributed by atoms with Gasteiger partial charge in [-0.3, -0.25) is 4.79 Å². The van der Waals surface area contributed by atoms with E-state index in [4.69, 9.17) is 25.6 Å². The minimum Gasteiger partial charge on any atom is -0.497 e. The first-order valence-electron chi connectivity index (χ1n) is 8.81. The number of rotatable bonds is 5. The van der Waals surface area contributed by atoms with Crippen molar-refractivity contribution in [2.45, 2.75) is 12.3 Å². The zero-order chi connectivity index (χ0) is 20.5. The van der Waals surface area contributed by atoms with Gasteiger partial charge in [-0.15, -0.1) is 0 Å². The Morgan fingerprint density at radius 3 is 2.55 bits per heavy atom. The standard InChI is InChI=1S/C20H17ClFN3O4/c1-27-14-5-11(6-15(9-14)28-2)19-23-20(29-24-19)12-7-18(26)25(10-12)17-4-3-13(22)8-16(17)21/h3-6,8-9,12H,7,10H2,1-2H3. The fourth-order valence-corrected chi connectivity index (χ4v) is 3.53. The molecule has 0 bridgehead atoms. The van der Waals surface area contributed by atoms with Gasteiger partial charge in [0.1, 0.15) is 17.3 Å². The minimum absolute atomic E-state index is 0.147. The molecule has 1 fully saturated rings. The Hall–Kier alpha value is -3.13. The summed E-state index contributed by atoms with van der Waals surface area (Å²) < 4.78 is 29.3. The van der Waals surface area contributed by atoms with Gasteiger partial charge in [0.05, 0.1) is 30.8 Å². The molecule has 150 valence electrons. The van der Waals surface area contributed by atoms with E-state index in [0.717, 1.165) is 0 Å². The van der Waals surface area contributed by atoms with Crippen LogP contribution in [0.15, 0.2) is 40.9 Å². The van der Waals surface area contributed by atoms with Crippen LogP contribution in [0.2, 0.25) is 5.02 Å². The third-order valence-corrected chi connectivity index (χ3v) is 5.03. The summed E-state index contributed by atoms with van der Waals surface area (Å²) in [6.07, 6.45) is 0.191. The Balaban J connectivity index is 1.58. The summed E-state index contributed by atoms with van der Waals surface area (Å²) in [7, 11) is 3.11. The van der Waals surface area contributed by atoms with Crippen molar-refractivity contribution >= 4 is 23.2 Å². The van der Waals surface area contributed by atoms with Crippen molar-refractivity contribution < 1.29 is 23.2 Å². The van der Waals surface area contributed by atoms with Crippen LogP contribution < -0.4 is 14.4 Å². The molecule has 1 saturated heterocycles. The maximum atomic E-state index is 13.3. The number of anilines is 1. The Labute approximate surface area is 171 Å². The third-order valence-electron chi connectivity index (χ3n) is 4.73. The molecule has 1 aliphatic rings. The molecule has 9 heteroatoms. The van der Waals surface area contributed by atoms with Gasteiger partial charge in [0.2, 0.25) is 17.6 Å². The van der Waals surface area contributed by atoms with Crippen molar-refractivity contribution in [2.24, 2.45) is 0 Å². The van der Waals surface area contributed by atoms with Gasteiger partial charge < -0.3 is 18.9 Å². The lowest BCUT2D eigenvalue weighted by Gasteiger charge is -2.17. The van der Waals surface area contributed by atoms with E-state index >= 15 is 0 Å². The number of ether oxygens (including phenoxy) is 2. The highest BCUT2D eigenvalue weighted by Crippen LogP contribution is 2.36. The van der Waals surface area contributed by atoms with Gasteiger partial charge in [-0.1, -0.05) is 16.8 Å². The van der Waals surface area contributed by atoms with E-state index in [2.05, 4.69) is 10.1 Å². The summed E-state index contributed by atoms with van der Waals surface area (Å²) in [6, 6.07) is 9.20. The number of benzene rings is 2. The van der Waals surface area contributed by atoms with Gasteiger partial charge >= 0.3 is 0 Å². The molecule has 0 radical (unpaired) electrons. The molecule has 1 aliphatic heterocycles. The van der Waals surface area contributed by atoms with Gasteiger partial charge in [0.25, 0.3) is 0 Å². The van der Waals surface area contributed by atoms with Crippen molar-refractivity contribution in [1.82, 2.24) is 10.1 Å². The Bertz CT molecular complexity index is 1050. The van der Waals surface area contributed by atoms with Gasteiger partial charge in [0, 0.05) is 24.6 Å². The molecule has 0 N–H and O–H groups in total. The van der Waals surface area contributed by atoms with Gasteiger partial charge in [0.15, 0.2) is 0 Å². The lowest BCUT2D eigenvalue weighted by Crippen LogP contribution is -2.24. The molecule has 2 aromatic carbocycles. The highest BCUT2D eigenvalue weighted by atomic mass is 35.5. The quantitative estimate of drug-likeness (QED) is 0.622. The first kappa shape index (κ1) is 19.2. The molecule has 1 amide bonds. The molecular weight excluding hydrogens is 401 g/mol. The van der Waals surface area contributed by atoms with Gasteiger partial charge in [-0.25, -0.2) is 4.39 Å². The number of nitrogens with zero attached hydrogens (tertiary/aromatic N) is 3. The monoisotopic (exact) mass is 417 g/mol. The van der Waals surface area contributed by atoms with E-state index in [1.165, 1.54) is 23.1 Å². The highest BCUT2D eigenvalue weighted by Gasteiger charge is 2.36. The van der Waals surface area contributed by atoms with E-state index in [1.54, 1.807) is 32.4 Å². The minimum atomic E-state index is -0.461. The predicted octanol–water partition coefficient (Wildman–Crippen LogP) is 4.07. The van der Waals surface area contributed by atoms with Crippen LogP contribution in [0.25, 0.3) is 11.4 Å². The SMILES string of the molecule is COc1cc(OC)cc(-c2noc(C3CC(=O)N(c4ccc(F)cc4Cl)C3)n2)c1. The number of methoxy groups -OCH3 is 2. The fourth-order valence-electron chi connectivity index (χ4n) is 3.26. The summed E-state index contributed by atoms with van der Waals surface area (Å²) in [5.74, 6) is 0.998. The second-order valence-corrected chi connectivity index (χ2v) is 6.97. The summed E-state index contributed by atoms with van der Waals surface area (Å²) in [5, 5.41) is 4.21. The number of hydrogen-bond donors (Lipinski definition) is 0. The molecule has 4 rings (SSSR count). The van der Waals surface area contributed by atoms with Gasteiger partial charge in [-0.2, -0.15) is 4.98 Å². The topological polar surface area (TPSA) is 77.7 Å². The summed E-state index contributed by atoms with van der Waals surface area (Å²) in [4.78, 5) is 18.4. The number of carbonyl (C=O) groups is 1. The summed E-state index contributed by atoms with van der Waals surface area (Å²) >= 11 is 6.10. The smallest absolute Gasteiger partial charge is 0.232 e. The number of aromatic nitrogens is 2. The summed E-state index contributed by atoms with van der Waals surface area (Å²) in [5.41, 5.74) is 1.12. The van der Waals surface area contributed by atoms with E-state index < -0.39 is 5.82 Å². The lowest BCUT2D eigenvalue weighted by molar-refractivity contribution is -0.117. The lowest BCUT2D eigenvalue weighted by atomic mass is 10.1. The number of amides is 1. The molecule has 1 aromatic heterocycles. The molecule has 2 heterocycles. The molecule has 7 nitrogen and oxygen atoms in total. The average Bonchev–Trinajstić information content (AvgIpc) is 3.35. The van der Waals surface area contributed by atoms with Crippen LogP contribution in [-0.2, 0) is 4.79 Å². The van der Waals surface area contributed by atoms with Crippen molar-refractivity contribution in [3.05, 3.63) is 53.1 Å². The zero-order valence-corrected chi connectivity index (χ0v) is 16.4. The van der Waals surface area contributed by atoms with E-state index in [-0.39, 0.29) is 23.3 Å². The second kappa shape index (κ2) is 7.71. The molecule has 0 saturated carbocycles. The zero-order valence-electron chi connectivity index (χ0n) is 15.7. The molecule has 29 heavy (non-hydrogen) atoms. The van der Waals surface area contributed by atoms with E-state index in [9.17, 15) is 9.18 Å². The van der Waals surface area contributed by atoms with Crippen molar-refractivity contribution in [1.29, 1.82) is 0 Å². The highest BCUT2D eigenvalue weighted by molar-refractivity contribution is 6.33. The van der Waals surface area contributed by atoms with Crippen LogP contribution >= 0.6 is 11.6 Å². The van der Waals surface area contributed by atoms with Crippen LogP contribution in [0.4, 0.5) is 10.1 Å². The van der Waals surface area contributed by atoms with Crippen LogP contribution in [0.5, 0.6) is 11.5 Å². The Morgan fingerprint density at radius 1 is 1.17 bits per heavy atom. The van der Waals surface area contributed by atoms with Crippen molar-refractivity contribution in [3.63, 3.8) is 0 Å².